The highest BCUT2D eigenvalue weighted by Crippen LogP contribution is 1.95. The molecule has 0 radical (unpaired) electrons. The fraction of sp³-hybridized carbons (Fsp3) is 0. The van der Waals surface area contributed by atoms with Crippen molar-refractivity contribution in [3.63, 3.8) is 0 Å². The maximum Gasteiger partial charge on any atom is 0.127 e. The first-order valence-corrected chi connectivity index (χ1v) is 2.12. The molecule has 0 aromatic heterocycles. The SMILES string of the molecule is C=CC(=C)C(=N)Cl. The molecule has 38 valence electrons. The topological polar surface area (TPSA) is 23.9 Å². The van der Waals surface area contributed by atoms with Gasteiger partial charge in [0.1, 0.15) is 5.17 Å². The number of nitrogens with one attached hydrogen (secondary N) is 1. The Morgan fingerprint density at radius 2 is 2.14 bits per heavy atom. The van der Waals surface area contributed by atoms with Gasteiger partial charge >= 0.3 is 0 Å². The van der Waals surface area contributed by atoms with Gasteiger partial charge in [0, 0.05) is 5.57 Å². The lowest BCUT2D eigenvalue weighted by molar-refractivity contribution is 1.54. The van der Waals surface area contributed by atoms with E-state index < -0.39 is 0 Å². The molecule has 0 aromatic rings. The smallest absolute Gasteiger partial charge is 0.127 e. The maximum atomic E-state index is 6.69. The lowest BCUT2D eigenvalue weighted by Crippen LogP contribution is -1.82. The van der Waals surface area contributed by atoms with Crippen molar-refractivity contribution >= 4 is 16.8 Å². The standard InChI is InChI=1S/C5H6ClN/c1-3-4(2)5(6)7/h3,7H,1-2H2. The van der Waals surface area contributed by atoms with Gasteiger partial charge in [-0.25, -0.2) is 0 Å². The third-order valence-corrected chi connectivity index (χ3v) is 0.771. The lowest BCUT2D eigenvalue weighted by atomic mass is 10.3. The van der Waals surface area contributed by atoms with Gasteiger partial charge in [0.2, 0.25) is 0 Å². The van der Waals surface area contributed by atoms with Crippen LogP contribution in [0.3, 0.4) is 0 Å². The number of allylic oxidation sites excluding steroid dienone is 2. The summed E-state index contributed by atoms with van der Waals surface area (Å²) in [5.74, 6) is 0. The van der Waals surface area contributed by atoms with Gasteiger partial charge in [0.05, 0.1) is 0 Å². The zero-order valence-electron chi connectivity index (χ0n) is 3.87. The van der Waals surface area contributed by atoms with Crippen molar-refractivity contribution in [2.45, 2.75) is 0 Å². The van der Waals surface area contributed by atoms with Crippen molar-refractivity contribution in [2.75, 3.05) is 0 Å². The second kappa shape index (κ2) is 2.59. The largest absolute Gasteiger partial charge is 0.289 e. The van der Waals surface area contributed by atoms with Crippen LogP contribution in [0.5, 0.6) is 0 Å². The molecule has 0 saturated carbocycles. The molecule has 0 fully saturated rings. The molecule has 0 heterocycles. The second-order valence-corrected chi connectivity index (χ2v) is 1.42. The lowest BCUT2D eigenvalue weighted by Gasteiger charge is -1.85. The van der Waals surface area contributed by atoms with Crippen LogP contribution in [0.25, 0.3) is 0 Å². The van der Waals surface area contributed by atoms with Gasteiger partial charge in [-0.1, -0.05) is 30.8 Å². The summed E-state index contributed by atoms with van der Waals surface area (Å²) in [6.07, 6.45) is 1.44. The summed E-state index contributed by atoms with van der Waals surface area (Å²) in [4.78, 5) is 0. The molecule has 0 atom stereocenters. The van der Waals surface area contributed by atoms with Crippen molar-refractivity contribution in [1.29, 1.82) is 5.41 Å². The van der Waals surface area contributed by atoms with Crippen LogP contribution in [0.4, 0.5) is 0 Å². The fourth-order valence-corrected chi connectivity index (χ4v) is 0.167. The average molecular weight is 116 g/mol. The number of hydrogen-bond donors (Lipinski definition) is 1. The molecular weight excluding hydrogens is 110 g/mol. The highest BCUT2D eigenvalue weighted by molar-refractivity contribution is 6.69. The summed E-state index contributed by atoms with van der Waals surface area (Å²) >= 11 is 5.14. The predicted octanol–water partition coefficient (Wildman–Crippen LogP) is 1.94. The second-order valence-electron chi connectivity index (χ2n) is 1.04. The van der Waals surface area contributed by atoms with E-state index in [2.05, 4.69) is 13.2 Å². The number of hydrogen-bond acceptors (Lipinski definition) is 1. The molecule has 0 amide bonds. The van der Waals surface area contributed by atoms with Gasteiger partial charge in [-0.05, 0) is 0 Å². The Morgan fingerprint density at radius 3 is 2.14 bits per heavy atom. The van der Waals surface area contributed by atoms with Crippen molar-refractivity contribution in [3.8, 4) is 0 Å². The van der Waals surface area contributed by atoms with Gasteiger partial charge < -0.3 is 0 Å². The zero-order chi connectivity index (χ0) is 5.86. The predicted molar refractivity (Wildman–Crippen MR) is 32.9 cm³/mol. The fourth-order valence-electron chi connectivity index (χ4n) is 0.0896. The third-order valence-electron chi connectivity index (χ3n) is 0.528. The molecule has 1 nitrogen and oxygen atoms in total. The highest BCUT2D eigenvalue weighted by atomic mass is 35.5. The first-order valence-electron chi connectivity index (χ1n) is 1.74. The quantitative estimate of drug-likeness (QED) is 0.420. The van der Waals surface area contributed by atoms with E-state index in [1.54, 1.807) is 0 Å². The molecule has 1 N–H and O–H groups in total. The molecule has 2 heteroatoms. The maximum absolute atomic E-state index is 6.69. The molecule has 0 unspecified atom stereocenters. The molecule has 0 aromatic carbocycles. The van der Waals surface area contributed by atoms with E-state index >= 15 is 0 Å². The first kappa shape index (κ1) is 6.44. The molecule has 0 spiro atoms. The molecule has 0 aliphatic rings. The molecule has 0 aliphatic carbocycles. The molecule has 7 heavy (non-hydrogen) atoms. The Labute approximate surface area is 47.8 Å². The number of rotatable bonds is 2. The van der Waals surface area contributed by atoms with Crippen LogP contribution in [-0.4, -0.2) is 5.17 Å². The molecule has 0 bridgehead atoms. The van der Waals surface area contributed by atoms with Gasteiger partial charge in [-0.15, -0.1) is 0 Å². The van der Waals surface area contributed by atoms with E-state index in [4.69, 9.17) is 17.0 Å². The zero-order valence-corrected chi connectivity index (χ0v) is 4.63. The van der Waals surface area contributed by atoms with Crippen molar-refractivity contribution < 1.29 is 0 Å². The van der Waals surface area contributed by atoms with E-state index in [1.165, 1.54) is 6.08 Å². The molecule has 0 saturated heterocycles. The Hall–Kier alpha value is -0.560. The van der Waals surface area contributed by atoms with Crippen molar-refractivity contribution in [1.82, 2.24) is 0 Å². The van der Waals surface area contributed by atoms with Crippen LogP contribution in [-0.2, 0) is 0 Å². The highest BCUT2D eigenvalue weighted by Gasteiger charge is 1.87. The summed E-state index contributed by atoms with van der Waals surface area (Å²) < 4.78 is 0. The Morgan fingerprint density at radius 1 is 1.71 bits per heavy atom. The van der Waals surface area contributed by atoms with E-state index in [-0.39, 0.29) is 5.17 Å². The molecule has 0 aliphatic heterocycles. The third kappa shape index (κ3) is 2.18. The van der Waals surface area contributed by atoms with Crippen molar-refractivity contribution in [2.24, 2.45) is 0 Å². The average Bonchev–Trinajstić information content (AvgIpc) is 1.65. The Bertz CT molecular complexity index is 115. The molecular formula is C5H6ClN. The Balaban J connectivity index is 3.81. The van der Waals surface area contributed by atoms with Crippen LogP contribution in [0.15, 0.2) is 24.8 Å². The van der Waals surface area contributed by atoms with Gasteiger partial charge in [-0.3, -0.25) is 5.41 Å². The van der Waals surface area contributed by atoms with Crippen LogP contribution < -0.4 is 0 Å². The van der Waals surface area contributed by atoms with Crippen molar-refractivity contribution in [3.05, 3.63) is 24.8 Å². The van der Waals surface area contributed by atoms with Gasteiger partial charge in [0.15, 0.2) is 0 Å². The minimum Gasteiger partial charge on any atom is -0.289 e. The first-order chi connectivity index (χ1) is 3.18. The minimum atomic E-state index is -0.0463. The van der Waals surface area contributed by atoms with E-state index in [9.17, 15) is 0 Å². The van der Waals surface area contributed by atoms with E-state index in [0.717, 1.165) is 0 Å². The summed E-state index contributed by atoms with van der Waals surface area (Å²) in [5.41, 5.74) is 0.460. The summed E-state index contributed by atoms with van der Waals surface area (Å²) in [7, 11) is 0. The Kier molecular flexibility index (Phi) is 2.38. The van der Waals surface area contributed by atoms with Crippen LogP contribution in [0.2, 0.25) is 0 Å². The minimum absolute atomic E-state index is 0.0463. The van der Waals surface area contributed by atoms with E-state index in [0.29, 0.717) is 5.57 Å². The van der Waals surface area contributed by atoms with Crippen LogP contribution in [0, 0.1) is 5.41 Å². The molecule has 0 rings (SSSR count). The number of halogens is 1. The van der Waals surface area contributed by atoms with Crippen LogP contribution >= 0.6 is 11.6 Å². The van der Waals surface area contributed by atoms with Gasteiger partial charge in [0.25, 0.3) is 0 Å². The van der Waals surface area contributed by atoms with Crippen LogP contribution in [0.1, 0.15) is 0 Å². The summed E-state index contributed by atoms with van der Waals surface area (Å²) in [6.45, 7) is 6.76. The normalized spacial score (nSPS) is 7.57. The monoisotopic (exact) mass is 115 g/mol. The van der Waals surface area contributed by atoms with Gasteiger partial charge in [-0.2, -0.15) is 0 Å². The summed E-state index contributed by atoms with van der Waals surface area (Å²) in [5, 5.41) is 6.65. The van der Waals surface area contributed by atoms with E-state index in [1.807, 2.05) is 0 Å². The summed E-state index contributed by atoms with van der Waals surface area (Å²) in [6, 6.07) is 0.